The molecule has 3 fully saturated rings. The van der Waals surface area contributed by atoms with Crippen LogP contribution in [-0.2, 0) is 21.2 Å². The van der Waals surface area contributed by atoms with E-state index >= 15 is 0 Å². The number of carbonyl (C=O) groups is 1. The summed E-state index contributed by atoms with van der Waals surface area (Å²) in [5.41, 5.74) is 3.14. The third kappa shape index (κ3) is 5.47. The fraction of sp³-hybridized carbons (Fsp3) is 0.567. The molecule has 3 saturated carbocycles. The molecule has 0 bridgehead atoms. The van der Waals surface area contributed by atoms with Gasteiger partial charge in [0.25, 0.3) is 0 Å². The topological polar surface area (TPSA) is 94.3 Å². The highest BCUT2D eigenvalue weighted by atomic mass is 35.5. The minimum atomic E-state index is -1.17. The zero-order valence-electron chi connectivity index (χ0n) is 22.6. The third-order valence-electron chi connectivity index (χ3n) is 8.70. The SMILES string of the molecule is CCC(CC(=O)C1(c2cc3c(NS(=O)C4CC4)noc3cc2C)CC1)c1cnc(OC2CCCCC2)c(Cl)c1. The van der Waals surface area contributed by atoms with Crippen molar-refractivity contribution in [2.24, 2.45) is 0 Å². The van der Waals surface area contributed by atoms with Gasteiger partial charge in [0.05, 0.1) is 16.1 Å². The number of aromatic nitrogens is 2. The lowest BCUT2D eigenvalue weighted by Gasteiger charge is -2.24. The fourth-order valence-electron chi connectivity index (χ4n) is 5.97. The van der Waals surface area contributed by atoms with Crippen LogP contribution < -0.4 is 9.46 Å². The minimum absolute atomic E-state index is 0.0292. The number of ketones is 1. The number of pyridine rings is 1. The lowest BCUT2D eigenvalue weighted by Crippen LogP contribution is -2.24. The van der Waals surface area contributed by atoms with Gasteiger partial charge >= 0.3 is 0 Å². The summed E-state index contributed by atoms with van der Waals surface area (Å²) < 4.78 is 27.1. The minimum Gasteiger partial charge on any atom is -0.473 e. The van der Waals surface area contributed by atoms with E-state index in [9.17, 15) is 9.00 Å². The summed E-state index contributed by atoms with van der Waals surface area (Å²) in [5, 5.41) is 5.61. The maximum atomic E-state index is 13.9. The number of hydrogen-bond acceptors (Lipinski definition) is 6. The van der Waals surface area contributed by atoms with Crippen LogP contribution in [-0.4, -0.2) is 31.5 Å². The molecule has 1 N–H and O–H groups in total. The summed E-state index contributed by atoms with van der Waals surface area (Å²) in [5.74, 6) is 1.25. The number of anilines is 1. The molecule has 2 aromatic heterocycles. The fourth-order valence-corrected chi connectivity index (χ4v) is 7.26. The first-order valence-electron chi connectivity index (χ1n) is 14.3. The molecule has 6 rings (SSSR count). The summed E-state index contributed by atoms with van der Waals surface area (Å²) in [6.45, 7) is 4.12. The molecule has 2 atom stereocenters. The van der Waals surface area contributed by atoms with Crippen LogP contribution in [0.25, 0.3) is 11.0 Å². The Labute approximate surface area is 237 Å². The van der Waals surface area contributed by atoms with E-state index in [1.54, 1.807) is 0 Å². The van der Waals surface area contributed by atoms with Crippen LogP contribution in [0.4, 0.5) is 5.82 Å². The van der Waals surface area contributed by atoms with E-state index in [4.69, 9.17) is 20.9 Å². The molecule has 3 aliphatic rings. The maximum absolute atomic E-state index is 13.9. The summed E-state index contributed by atoms with van der Waals surface area (Å²) in [7, 11) is -1.17. The van der Waals surface area contributed by atoms with Crippen LogP contribution in [0.15, 0.2) is 28.9 Å². The van der Waals surface area contributed by atoms with Crippen molar-refractivity contribution in [3.8, 4) is 5.88 Å². The molecule has 3 aliphatic carbocycles. The van der Waals surface area contributed by atoms with Crippen LogP contribution in [0.3, 0.4) is 0 Å². The number of Topliss-reactive ketones (excluding diaryl/α,β-unsaturated/α-hetero) is 1. The summed E-state index contributed by atoms with van der Waals surface area (Å²) in [4.78, 5) is 18.5. The Kier molecular flexibility index (Phi) is 7.44. The van der Waals surface area contributed by atoms with Crippen LogP contribution in [0.2, 0.25) is 5.02 Å². The average molecular weight is 570 g/mol. The van der Waals surface area contributed by atoms with Gasteiger partial charge < -0.3 is 9.26 Å². The Hall–Kier alpha value is -2.45. The summed E-state index contributed by atoms with van der Waals surface area (Å²) in [6.07, 6.45) is 12.6. The standard InChI is InChI=1S/C30H36ClN3O4S/c1-3-19(20-14-25(31)29(32-17-20)37-21-7-5-4-6-8-21)15-27(35)30(11-12-30)24-16-23-26(13-18(24)2)38-33-28(23)34-39(36)22-9-10-22/h13-14,16-17,19,21-22H,3-12,15H2,1-2H3,(H,33,34). The normalized spacial score (nSPS) is 20.5. The Bertz CT molecular complexity index is 1410. The summed E-state index contributed by atoms with van der Waals surface area (Å²) >= 11 is 6.61. The average Bonchev–Trinajstić information content (AvgIpc) is 3.87. The van der Waals surface area contributed by atoms with Crippen molar-refractivity contribution in [2.45, 2.75) is 107 Å². The molecule has 0 saturated heterocycles. The maximum Gasteiger partial charge on any atom is 0.232 e. The van der Waals surface area contributed by atoms with E-state index < -0.39 is 16.4 Å². The van der Waals surface area contributed by atoms with Gasteiger partial charge in [-0.05, 0) is 106 Å². The molecule has 0 aliphatic heterocycles. The zero-order chi connectivity index (χ0) is 27.1. The monoisotopic (exact) mass is 569 g/mol. The van der Waals surface area contributed by atoms with Gasteiger partial charge in [-0.25, -0.2) is 9.19 Å². The van der Waals surface area contributed by atoms with Gasteiger partial charge in [-0.15, -0.1) is 0 Å². The molecule has 3 aromatic rings. The van der Waals surface area contributed by atoms with Gasteiger partial charge in [0.1, 0.15) is 27.9 Å². The van der Waals surface area contributed by atoms with Crippen LogP contribution in [0, 0.1) is 6.92 Å². The first kappa shape index (κ1) is 26.8. The van der Waals surface area contributed by atoms with Crippen molar-refractivity contribution in [1.82, 2.24) is 10.1 Å². The number of rotatable bonds is 11. The third-order valence-corrected chi connectivity index (χ3v) is 10.4. The number of halogens is 1. The molecule has 9 heteroatoms. The highest BCUT2D eigenvalue weighted by Crippen LogP contribution is 2.53. The van der Waals surface area contributed by atoms with Gasteiger partial charge in [0.15, 0.2) is 11.4 Å². The van der Waals surface area contributed by atoms with E-state index in [-0.39, 0.29) is 23.1 Å². The molecule has 7 nitrogen and oxygen atoms in total. The Morgan fingerprint density at radius 1 is 1.21 bits per heavy atom. The molecule has 2 heterocycles. The number of ether oxygens (including phenoxy) is 1. The lowest BCUT2D eigenvalue weighted by atomic mass is 9.81. The molecule has 2 unspecified atom stereocenters. The smallest absolute Gasteiger partial charge is 0.232 e. The van der Waals surface area contributed by atoms with Gasteiger partial charge in [0.2, 0.25) is 5.88 Å². The molecule has 39 heavy (non-hydrogen) atoms. The van der Waals surface area contributed by atoms with E-state index in [0.29, 0.717) is 28.7 Å². The van der Waals surface area contributed by atoms with Gasteiger partial charge in [-0.2, -0.15) is 0 Å². The van der Waals surface area contributed by atoms with Crippen molar-refractivity contribution < 1.29 is 18.3 Å². The number of nitrogens with zero attached hydrogens (tertiary/aromatic N) is 2. The van der Waals surface area contributed by atoms with Crippen molar-refractivity contribution in [1.29, 1.82) is 0 Å². The van der Waals surface area contributed by atoms with Crippen molar-refractivity contribution in [3.05, 3.63) is 46.1 Å². The Morgan fingerprint density at radius 2 is 1.97 bits per heavy atom. The molecule has 0 amide bonds. The van der Waals surface area contributed by atoms with Crippen LogP contribution >= 0.6 is 11.6 Å². The quantitative estimate of drug-likeness (QED) is 0.260. The number of nitrogens with one attached hydrogen (secondary N) is 1. The highest BCUT2D eigenvalue weighted by Gasteiger charge is 2.51. The van der Waals surface area contributed by atoms with Gasteiger partial charge in [0, 0.05) is 12.6 Å². The largest absolute Gasteiger partial charge is 0.473 e. The number of carbonyl (C=O) groups excluding carboxylic acids is 1. The van der Waals surface area contributed by atoms with Crippen LogP contribution in [0.1, 0.15) is 100 Å². The van der Waals surface area contributed by atoms with Crippen molar-refractivity contribution in [2.75, 3.05) is 4.72 Å². The van der Waals surface area contributed by atoms with E-state index in [2.05, 4.69) is 21.8 Å². The predicted molar refractivity (Wildman–Crippen MR) is 154 cm³/mol. The number of hydrogen-bond donors (Lipinski definition) is 1. The Balaban J connectivity index is 1.20. The molecule has 1 aromatic carbocycles. The molecule has 0 radical (unpaired) electrons. The van der Waals surface area contributed by atoms with Crippen LogP contribution in [0.5, 0.6) is 5.88 Å². The molecular formula is C30H36ClN3O4S. The van der Waals surface area contributed by atoms with E-state index in [0.717, 1.165) is 67.0 Å². The first-order chi connectivity index (χ1) is 18.9. The molecule has 0 spiro atoms. The second-order valence-electron chi connectivity index (χ2n) is 11.5. The Morgan fingerprint density at radius 3 is 2.64 bits per heavy atom. The number of benzene rings is 1. The predicted octanol–water partition coefficient (Wildman–Crippen LogP) is 7.32. The second-order valence-corrected chi connectivity index (χ2v) is 13.4. The number of fused-ring (bicyclic) bond motifs is 1. The van der Waals surface area contributed by atoms with Crippen molar-refractivity contribution in [3.63, 3.8) is 0 Å². The zero-order valence-corrected chi connectivity index (χ0v) is 24.2. The second kappa shape index (κ2) is 10.8. The summed E-state index contributed by atoms with van der Waals surface area (Å²) in [6, 6.07) is 5.90. The first-order valence-corrected chi connectivity index (χ1v) is 15.9. The molecule has 208 valence electrons. The number of aryl methyl sites for hydroxylation is 1. The van der Waals surface area contributed by atoms with E-state index in [1.807, 2.05) is 31.3 Å². The van der Waals surface area contributed by atoms with Gasteiger partial charge in [-0.3, -0.25) is 9.52 Å². The van der Waals surface area contributed by atoms with Crippen molar-refractivity contribution >= 4 is 45.2 Å². The van der Waals surface area contributed by atoms with E-state index in [1.165, 1.54) is 19.3 Å². The van der Waals surface area contributed by atoms with Gasteiger partial charge in [-0.1, -0.05) is 30.1 Å². The highest BCUT2D eigenvalue weighted by molar-refractivity contribution is 7.87. The lowest BCUT2D eigenvalue weighted by molar-refractivity contribution is -0.121. The molecular weight excluding hydrogens is 534 g/mol.